The van der Waals surface area contributed by atoms with E-state index in [0.717, 1.165) is 28.5 Å². The lowest BCUT2D eigenvalue weighted by Crippen LogP contribution is -2.22. The van der Waals surface area contributed by atoms with Crippen molar-refractivity contribution in [1.29, 1.82) is 0 Å². The number of para-hydroxylation sites is 1. The van der Waals surface area contributed by atoms with Gasteiger partial charge in [-0.15, -0.1) is 0 Å². The fourth-order valence-corrected chi connectivity index (χ4v) is 2.68. The molecule has 6 nitrogen and oxygen atoms in total. The zero-order valence-corrected chi connectivity index (χ0v) is 14.6. The number of aromatic nitrogens is 2. The van der Waals surface area contributed by atoms with E-state index in [-0.39, 0.29) is 0 Å². The van der Waals surface area contributed by atoms with Crippen LogP contribution in [0.3, 0.4) is 0 Å². The molecule has 0 atom stereocenters. The highest BCUT2D eigenvalue weighted by Gasteiger charge is 2.02. The van der Waals surface area contributed by atoms with Crippen LogP contribution in [0.5, 0.6) is 11.5 Å². The van der Waals surface area contributed by atoms with Gasteiger partial charge in [0.1, 0.15) is 17.1 Å². The topological polar surface area (TPSA) is 76.9 Å². The van der Waals surface area contributed by atoms with Crippen molar-refractivity contribution in [3.8, 4) is 11.5 Å². The fraction of sp³-hybridized carbons (Fsp3) is 0.0476. The number of rotatable bonds is 5. The first kappa shape index (κ1) is 16.7. The van der Waals surface area contributed by atoms with Gasteiger partial charge in [-0.3, -0.25) is 0 Å². The van der Waals surface area contributed by atoms with Gasteiger partial charge in [-0.25, -0.2) is 9.98 Å². The molecule has 4 aromatic rings. The van der Waals surface area contributed by atoms with Crippen LogP contribution in [-0.4, -0.2) is 15.3 Å². The lowest BCUT2D eigenvalue weighted by molar-refractivity contribution is 0.483. The predicted octanol–water partition coefficient (Wildman–Crippen LogP) is 4.05. The number of anilines is 1. The lowest BCUT2D eigenvalue weighted by Gasteiger charge is -2.09. The Morgan fingerprint density at radius 3 is 2.67 bits per heavy atom. The Hall–Kier alpha value is -3.80. The minimum absolute atomic E-state index is 0.323. The summed E-state index contributed by atoms with van der Waals surface area (Å²) in [5.41, 5.74) is 8.56. The van der Waals surface area contributed by atoms with Crippen LogP contribution in [0.25, 0.3) is 5.65 Å². The minimum atomic E-state index is 0.323. The van der Waals surface area contributed by atoms with Gasteiger partial charge in [0.15, 0.2) is 5.96 Å². The summed E-state index contributed by atoms with van der Waals surface area (Å²) in [5, 5.41) is 3.09. The Bertz CT molecular complexity index is 1040. The van der Waals surface area contributed by atoms with Gasteiger partial charge in [0.2, 0.25) is 0 Å². The smallest absolute Gasteiger partial charge is 0.193 e. The summed E-state index contributed by atoms with van der Waals surface area (Å²) in [6.07, 6.45) is 3.90. The highest BCUT2D eigenvalue weighted by Crippen LogP contribution is 2.23. The van der Waals surface area contributed by atoms with Crippen molar-refractivity contribution in [3.63, 3.8) is 0 Å². The first-order chi connectivity index (χ1) is 13.3. The number of aliphatic imine (C=N–C) groups is 1. The van der Waals surface area contributed by atoms with Crippen LogP contribution in [0.4, 0.5) is 5.69 Å². The Labute approximate surface area is 157 Å². The normalized spacial score (nSPS) is 11.5. The molecule has 0 aliphatic rings. The second-order valence-corrected chi connectivity index (χ2v) is 5.97. The summed E-state index contributed by atoms with van der Waals surface area (Å²) in [6, 6.07) is 23.1. The van der Waals surface area contributed by atoms with E-state index in [9.17, 15) is 0 Å². The van der Waals surface area contributed by atoms with E-state index >= 15 is 0 Å². The van der Waals surface area contributed by atoms with Crippen LogP contribution >= 0.6 is 0 Å². The highest BCUT2D eigenvalue weighted by atomic mass is 16.5. The van der Waals surface area contributed by atoms with Crippen molar-refractivity contribution in [3.05, 3.63) is 90.9 Å². The summed E-state index contributed by atoms with van der Waals surface area (Å²) < 4.78 is 7.79. The third-order valence-corrected chi connectivity index (χ3v) is 3.91. The van der Waals surface area contributed by atoms with Crippen molar-refractivity contribution < 1.29 is 4.74 Å². The number of benzene rings is 2. The molecule has 0 aliphatic heterocycles. The molecule has 2 heterocycles. The molecule has 27 heavy (non-hydrogen) atoms. The van der Waals surface area contributed by atoms with Gasteiger partial charge in [0.05, 0.1) is 12.2 Å². The van der Waals surface area contributed by atoms with E-state index in [0.29, 0.717) is 12.5 Å². The average molecular weight is 357 g/mol. The maximum Gasteiger partial charge on any atom is 0.193 e. The summed E-state index contributed by atoms with van der Waals surface area (Å²) in [7, 11) is 0. The van der Waals surface area contributed by atoms with Crippen molar-refractivity contribution in [1.82, 2.24) is 9.38 Å². The van der Waals surface area contributed by atoms with E-state index < -0.39 is 0 Å². The number of nitrogens with one attached hydrogen (secondary N) is 1. The number of pyridine rings is 1. The summed E-state index contributed by atoms with van der Waals surface area (Å²) in [5.74, 6) is 1.83. The monoisotopic (exact) mass is 357 g/mol. The van der Waals surface area contributed by atoms with Gasteiger partial charge in [-0.1, -0.05) is 30.3 Å². The number of nitrogens with zero attached hydrogens (tertiary/aromatic N) is 3. The SMILES string of the molecule is NC(=NCc1cn2ccccc2n1)Nc1cccc(Oc2ccccc2)c1. The van der Waals surface area contributed by atoms with E-state index in [1.54, 1.807) is 0 Å². The maximum absolute atomic E-state index is 6.01. The number of guanidine groups is 1. The molecule has 0 unspecified atom stereocenters. The molecule has 0 radical (unpaired) electrons. The number of nitrogens with two attached hydrogens (primary N) is 1. The van der Waals surface area contributed by atoms with Crippen molar-refractivity contribution >= 4 is 17.3 Å². The van der Waals surface area contributed by atoms with Crippen molar-refractivity contribution in [2.45, 2.75) is 6.54 Å². The quantitative estimate of drug-likeness (QED) is 0.417. The molecule has 0 saturated carbocycles. The largest absolute Gasteiger partial charge is 0.457 e. The molecule has 0 amide bonds. The minimum Gasteiger partial charge on any atom is -0.457 e. The molecule has 0 fully saturated rings. The molecule has 2 aromatic carbocycles. The third kappa shape index (κ3) is 4.24. The molecule has 3 N–H and O–H groups in total. The standard InChI is InChI=1S/C21H19N5O/c22-21(23-14-17-15-26-12-5-4-11-20(26)24-17)25-16-7-6-10-19(13-16)27-18-8-2-1-3-9-18/h1-13,15H,14H2,(H3,22,23,25). The molecule has 134 valence electrons. The molecule has 0 bridgehead atoms. The van der Waals surface area contributed by atoms with E-state index in [2.05, 4.69) is 15.3 Å². The second kappa shape index (κ2) is 7.61. The summed E-state index contributed by atoms with van der Waals surface area (Å²) in [6.45, 7) is 0.403. The lowest BCUT2D eigenvalue weighted by atomic mass is 10.3. The summed E-state index contributed by atoms with van der Waals surface area (Å²) in [4.78, 5) is 8.87. The number of ether oxygens (including phenoxy) is 1. The van der Waals surface area contributed by atoms with E-state index in [1.165, 1.54) is 0 Å². The van der Waals surface area contributed by atoms with Gasteiger partial charge in [0.25, 0.3) is 0 Å². The molecule has 0 spiro atoms. The summed E-state index contributed by atoms with van der Waals surface area (Å²) >= 11 is 0. The third-order valence-electron chi connectivity index (χ3n) is 3.91. The van der Waals surface area contributed by atoms with Crippen molar-refractivity contribution in [2.24, 2.45) is 10.7 Å². The molecule has 0 saturated heterocycles. The number of hydrogen-bond acceptors (Lipinski definition) is 3. The number of hydrogen-bond donors (Lipinski definition) is 2. The van der Waals surface area contributed by atoms with E-state index in [1.807, 2.05) is 89.6 Å². The first-order valence-corrected chi connectivity index (χ1v) is 8.59. The van der Waals surface area contributed by atoms with Gasteiger partial charge in [0, 0.05) is 24.1 Å². The molecular formula is C21H19N5O. The van der Waals surface area contributed by atoms with Crippen molar-refractivity contribution in [2.75, 3.05) is 5.32 Å². The zero-order chi connectivity index (χ0) is 18.5. The Morgan fingerprint density at radius 2 is 1.81 bits per heavy atom. The Morgan fingerprint density at radius 1 is 1.00 bits per heavy atom. The van der Waals surface area contributed by atoms with Crippen LogP contribution in [0.1, 0.15) is 5.69 Å². The van der Waals surface area contributed by atoms with Crippen LogP contribution < -0.4 is 15.8 Å². The molecule has 6 heteroatoms. The van der Waals surface area contributed by atoms with Crippen LogP contribution in [0.2, 0.25) is 0 Å². The average Bonchev–Trinajstić information content (AvgIpc) is 3.11. The Balaban J connectivity index is 1.42. The Kier molecular flexibility index (Phi) is 4.70. The molecule has 4 rings (SSSR count). The van der Waals surface area contributed by atoms with Crippen LogP contribution in [0, 0.1) is 0 Å². The zero-order valence-electron chi connectivity index (χ0n) is 14.6. The van der Waals surface area contributed by atoms with Gasteiger partial charge in [-0.2, -0.15) is 0 Å². The molecular weight excluding hydrogens is 338 g/mol. The predicted molar refractivity (Wildman–Crippen MR) is 107 cm³/mol. The van der Waals surface area contributed by atoms with Gasteiger partial charge in [-0.05, 0) is 36.4 Å². The van der Waals surface area contributed by atoms with Crippen LogP contribution in [0.15, 0.2) is 90.2 Å². The fourth-order valence-electron chi connectivity index (χ4n) is 2.68. The van der Waals surface area contributed by atoms with Gasteiger partial charge < -0.3 is 20.2 Å². The number of imidazole rings is 1. The maximum atomic E-state index is 6.01. The molecule has 2 aromatic heterocycles. The first-order valence-electron chi connectivity index (χ1n) is 8.59. The molecule has 0 aliphatic carbocycles. The number of fused-ring (bicyclic) bond motifs is 1. The second-order valence-electron chi connectivity index (χ2n) is 5.97. The van der Waals surface area contributed by atoms with Crippen LogP contribution in [-0.2, 0) is 6.54 Å². The highest BCUT2D eigenvalue weighted by molar-refractivity contribution is 5.92. The van der Waals surface area contributed by atoms with E-state index in [4.69, 9.17) is 10.5 Å². The van der Waals surface area contributed by atoms with Gasteiger partial charge >= 0.3 is 0 Å².